The van der Waals surface area contributed by atoms with Crippen molar-refractivity contribution in [3.8, 4) is 5.75 Å². The Morgan fingerprint density at radius 3 is 2.73 bits per heavy atom. The van der Waals surface area contributed by atoms with Gasteiger partial charge >= 0.3 is 6.03 Å². The molecule has 0 radical (unpaired) electrons. The summed E-state index contributed by atoms with van der Waals surface area (Å²) in [6, 6.07) is 12.0. The van der Waals surface area contributed by atoms with Crippen LogP contribution in [0.5, 0.6) is 5.75 Å². The molecule has 0 spiro atoms. The molecule has 0 heterocycles. The van der Waals surface area contributed by atoms with Crippen LogP contribution in [-0.2, 0) is 6.54 Å². The number of hydrogen-bond acceptors (Lipinski definition) is 2. The molecule has 0 aromatic heterocycles. The molecule has 2 amide bonds. The molecule has 0 fully saturated rings. The highest BCUT2D eigenvalue weighted by Gasteiger charge is 2.05. The maximum absolute atomic E-state index is 11.9. The third kappa shape index (κ3) is 4.83. The lowest BCUT2D eigenvalue weighted by Gasteiger charge is -2.10. The van der Waals surface area contributed by atoms with Crippen molar-refractivity contribution in [1.29, 1.82) is 0 Å². The number of halogens is 2. The predicted molar refractivity (Wildman–Crippen MR) is 89.9 cm³/mol. The summed E-state index contributed by atoms with van der Waals surface area (Å²) in [4.78, 5) is 11.9. The Bertz CT molecular complexity index is 662. The van der Waals surface area contributed by atoms with E-state index in [0.717, 1.165) is 5.56 Å². The van der Waals surface area contributed by atoms with Gasteiger partial charge < -0.3 is 15.4 Å². The van der Waals surface area contributed by atoms with E-state index in [1.54, 1.807) is 30.3 Å². The van der Waals surface area contributed by atoms with Gasteiger partial charge in [-0.2, -0.15) is 0 Å². The summed E-state index contributed by atoms with van der Waals surface area (Å²) >= 11 is 11.9. The number of nitrogens with one attached hydrogen (secondary N) is 2. The smallest absolute Gasteiger partial charge is 0.319 e. The van der Waals surface area contributed by atoms with Gasteiger partial charge in [-0.3, -0.25) is 0 Å². The van der Waals surface area contributed by atoms with Crippen molar-refractivity contribution in [2.24, 2.45) is 0 Å². The minimum atomic E-state index is -0.320. The lowest BCUT2D eigenvalue weighted by molar-refractivity contribution is 0.251. The zero-order valence-electron chi connectivity index (χ0n) is 12.0. The van der Waals surface area contributed by atoms with Crippen molar-refractivity contribution in [2.45, 2.75) is 13.5 Å². The Labute approximate surface area is 139 Å². The fourth-order valence-electron chi connectivity index (χ4n) is 1.85. The number of amides is 2. The SMILES string of the molecule is CCOc1cccc(NC(=O)NCc2ccc(Cl)cc2Cl)c1. The van der Waals surface area contributed by atoms with Crippen molar-refractivity contribution < 1.29 is 9.53 Å². The Morgan fingerprint density at radius 2 is 2.00 bits per heavy atom. The number of hydrogen-bond donors (Lipinski definition) is 2. The summed E-state index contributed by atoms with van der Waals surface area (Å²) in [5, 5.41) is 6.56. The molecule has 116 valence electrons. The van der Waals surface area contributed by atoms with Crippen LogP contribution in [0.1, 0.15) is 12.5 Å². The van der Waals surface area contributed by atoms with Gasteiger partial charge in [0.25, 0.3) is 0 Å². The normalized spacial score (nSPS) is 10.1. The molecule has 0 saturated heterocycles. The zero-order chi connectivity index (χ0) is 15.9. The highest BCUT2D eigenvalue weighted by molar-refractivity contribution is 6.35. The summed E-state index contributed by atoms with van der Waals surface area (Å²) in [5.74, 6) is 0.709. The first-order chi connectivity index (χ1) is 10.6. The average Bonchev–Trinajstić information content (AvgIpc) is 2.47. The highest BCUT2D eigenvalue weighted by atomic mass is 35.5. The van der Waals surface area contributed by atoms with Gasteiger partial charge in [-0.05, 0) is 36.8 Å². The molecule has 0 aliphatic rings. The van der Waals surface area contributed by atoms with Crippen molar-refractivity contribution >= 4 is 34.9 Å². The lowest BCUT2D eigenvalue weighted by atomic mass is 10.2. The van der Waals surface area contributed by atoms with Crippen LogP contribution in [0, 0.1) is 0 Å². The Kier molecular flexibility index (Phi) is 5.92. The first-order valence-corrected chi connectivity index (χ1v) is 7.55. The topological polar surface area (TPSA) is 50.4 Å². The first-order valence-electron chi connectivity index (χ1n) is 6.80. The van der Waals surface area contributed by atoms with E-state index in [9.17, 15) is 4.79 Å². The minimum Gasteiger partial charge on any atom is -0.494 e. The number of carbonyl (C=O) groups excluding carboxylic acids is 1. The summed E-state index contributed by atoms with van der Waals surface area (Å²) in [5.41, 5.74) is 1.45. The fourth-order valence-corrected chi connectivity index (χ4v) is 2.32. The number of anilines is 1. The van der Waals surface area contributed by atoms with Gasteiger partial charge in [0.2, 0.25) is 0 Å². The maximum Gasteiger partial charge on any atom is 0.319 e. The molecule has 2 aromatic rings. The third-order valence-corrected chi connectivity index (χ3v) is 3.44. The molecule has 0 aliphatic heterocycles. The second-order valence-corrected chi connectivity index (χ2v) is 5.35. The van der Waals surface area contributed by atoms with Gasteiger partial charge in [-0.1, -0.05) is 35.3 Å². The van der Waals surface area contributed by atoms with Crippen LogP contribution in [0.3, 0.4) is 0 Å². The fraction of sp³-hybridized carbons (Fsp3) is 0.188. The van der Waals surface area contributed by atoms with Crippen molar-refractivity contribution in [3.63, 3.8) is 0 Å². The standard InChI is InChI=1S/C16H16Cl2N2O2/c1-2-22-14-5-3-4-13(9-14)20-16(21)19-10-11-6-7-12(17)8-15(11)18/h3-9H,2,10H2,1H3,(H2,19,20,21). The number of rotatable bonds is 5. The quantitative estimate of drug-likeness (QED) is 0.829. The lowest BCUT2D eigenvalue weighted by Crippen LogP contribution is -2.28. The number of benzene rings is 2. The van der Waals surface area contributed by atoms with E-state index in [-0.39, 0.29) is 6.03 Å². The van der Waals surface area contributed by atoms with Gasteiger partial charge in [0.1, 0.15) is 5.75 Å². The monoisotopic (exact) mass is 338 g/mol. The predicted octanol–water partition coefficient (Wildman–Crippen LogP) is 4.71. The number of ether oxygens (including phenoxy) is 1. The Morgan fingerprint density at radius 1 is 1.18 bits per heavy atom. The third-order valence-electron chi connectivity index (χ3n) is 2.86. The zero-order valence-corrected chi connectivity index (χ0v) is 13.5. The molecule has 2 rings (SSSR count). The number of carbonyl (C=O) groups is 1. The molecule has 0 aliphatic carbocycles. The van der Waals surface area contributed by atoms with Crippen LogP contribution in [0.15, 0.2) is 42.5 Å². The van der Waals surface area contributed by atoms with Crippen LogP contribution in [0.25, 0.3) is 0 Å². The van der Waals surface area contributed by atoms with Crippen molar-refractivity contribution in [2.75, 3.05) is 11.9 Å². The highest BCUT2D eigenvalue weighted by Crippen LogP contribution is 2.21. The van der Waals surface area contributed by atoms with Crippen LogP contribution in [0.2, 0.25) is 10.0 Å². The number of urea groups is 1. The molecule has 0 saturated carbocycles. The van der Waals surface area contributed by atoms with E-state index in [1.165, 1.54) is 0 Å². The Balaban J connectivity index is 1.91. The molecule has 0 atom stereocenters. The molecule has 0 unspecified atom stereocenters. The molecule has 2 N–H and O–H groups in total. The summed E-state index contributed by atoms with van der Waals surface area (Å²) in [7, 11) is 0. The molecule has 4 nitrogen and oxygen atoms in total. The summed E-state index contributed by atoms with van der Waals surface area (Å²) in [6.45, 7) is 2.79. The van der Waals surface area contributed by atoms with Gasteiger partial charge in [0.15, 0.2) is 0 Å². The van der Waals surface area contributed by atoms with E-state index in [4.69, 9.17) is 27.9 Å². The van der Waals surface area contributed by atoms with Crippen LogP contribution in [0.4, 0.5) is 10.5 Å². The van der Waals surface area contributed by atoms with Gasteiger partial charge in [0.05, 0.1) is 6.61 Å². The van der Waals surface area contributed by atoms with Crippen LogP contribution >= 0.6 is 23.2 Å². The molecule has 22 heavy (non-hydrogen) atoms. The van der Waals surface area contributed by atoms with E-state index >= 15 is 0 Å². The summed E-state index contributed by atoms with van der Waals surface area (Å²) in [6.07, 6.45) is 0. The van der Waals surface area contributed by atoms with E-state index in [0.29, 0.717) is 34.6 Å². The van der Waals surface area contributed by atoms with Crippen molar-refractivity contribution in [3.05, 3.63) is 58.1 Å². The van der Waals surface area contributed by atoms with E-state index in [1.807, 2.05) is 19.1 Å². The van der Waals surface area contributed by atoms with Crippen LogP contribution in [-0.4, -0.2) is 12.6 Å². The Hall–Kier alpha value is -1.91. The second-order valence-electron chi connectivity index (χ2n) is 4.50. The van der Waals surface area contributed by atoms with Crippen LogP contribution < -0.4 is 15.4 Å². The largest absolute Gasteiger partial charge is 0.494 e. The molecular weight excluding hydrogens is 323 g/mol. The molecule has 6 heteroatoms. The summed E-state index contributed by atoms with van der Waals surface area (Å²) < 4.78 is 5.38. The van der Waals surface area contributed by atoms with E-state index in [2.05, 4.69) is 10.6 Å². The second kappa shape index (κ2) is 7.92. The van der Waals surface area contributed by atoms with E-state index < -0.39 is 0 Å². The average molecular weight is 339 g/mol. The first kappa shape index (κ1) is 16.5. The van der Waals surface area contributed by atoms with Crippen molar-refractivity contribution in [1.82, 2.24) is 5.32 Å². The molecule has 2 aromatic carbocycles. The minimum absolute atomic E-state index is 0.312. The molecular formula is C16H16Cl2N2O2. The van der Waals surface area contributed by atoms with Gasteiger partial charge in [0, 0.05) is 28.3 Å². The van der Waals surface area contributed by atoms with Gasteiger partial charge in [-0.15, -0.1) is 0 Å². The maximum atomic E-state index is 11.9. The van der Waals surface area contributed by atoms with Gasteiger partial charge in [-0.25, -0.2) is 4.79 Å². The molecule has 0 bridgehead atoms.